The highest BCUT2D eigenvalue weighted by Gasteiger charge is 2.10. The van der Waals surface area contributed by atoms with Crippen LogP contribution in [0.5, 0.6) is 0 Å². The molecule has 0 aliphatic carbocycles. The van der Waals surface area contributed by atoms with Crippen molar-refractivity contribution in [3.8, 4) is 0 Å². The Labute approximate surface area is 109 Å². The fourth-order valence-electron chi connectivity index (χ4n) is 1.71. The monoisotopic (exact) mass is 263 g/mol. The Morgan fingerprint density at radius 3 is 3.00 bits per heavy atom. The Morgan fingerprint density at radius 1 is 1.47 bits per heavy atom. The van der Waals surface area contributed by atoms with Crippen LogP contribution in [0.25, 0.3) is 0 Å². The van der Waals surface area contributed by atoms with E-state index in [1.165, 1.54) is 12.1 Å². The van der Waals surface area contributed by atoms with Gasteiger partial charge in [0.1, 0.15) is 5.82 Å². The first-order valence-corrected chi connectivity index (χ1v) is 5.89. The van der Waals surface area contributed by atoms with E-state index in [-0.39, 0.29) is 5.56 Å². The van der Waals surface area contributed by atoms with Gasteiger partial charge in [0.05, 0.1) is 11.9 Å². The summed E-state index contributed by atoms with van der Waals surface area (Å²) < 4.78 is 15.1. The first-order valence-electron chi connectivity index (χ1n) is 5.89. The Morgan fingerprint density at radius 2 is 2.32 bits per heavy atom. The summed E-state index contributed by atoms with van der Waals surface area (Å²) in [6.07, 6.45) is 6.18. The number of imidazole rings is 1. The van der Waals surface area contributed by atoms with Crippen molar-refractivity contribution in [2.75, 3.05) is 11.9 Å². The number of aryl methyl sites for hydroxylation is 1. The first kappa shape index (κ1) is 13.1. The summed E-state index contributed by atoms with van der Waals surface area (Å²) in [5.41, 5.74) is 0.282. The Bertz CT molecular complexity index is 555. The third kappa shape index (κ3) is 3.54. The van der Waals surface area contributed by atoms with Crippen LogP contribution in [0.1, 0.15) is 16.8 Å². The highest BCUT2D eigenvalue weighted by atomic mass is 19.1. The van der Waals surface area contributed by atoms with Gasteiger partial charge in [0.2, 0.25) is 0 Å². The molecule has 0 aliphatic heterocycles. The van der Waals surface area contributed by atoms with E-state index in [9.17, 15) is 9.18 Å². The highest BCUT2D eigenvalue weighted by molar-refractivity contribution is 5.89. The quantitative estimate of drug-likeness (QED) is 0.784. The third-order valence-electron chi connectivity index (χ3n) is 2.68. The van der Waals surface area contributed by atoms with E-state index >= 15 is 0 Å². The molecule has 0 radical (unpaired) electrons. The van der Waals surface area contributed by atoms with Crippen LogP contribution in [-0.2, 0) is 6.54 Å². The predicted octanol–water partition coefficient (Wildman–Crippen LogP) is 2.22. The van der Waals surface area contributed by atoms with E-state index in [4.69, 9.17) is 5.11 Å². The van der Waals surface area contributed by atoms with Crippen LogP contribution in [0.15, 0.2) is 36.9 Å². The summed E-state index contributed by atoms with van der Waals surface area (Å²) in [6.45, 7) is 1.49. The Balaban J connectivity index is 1.86. The number of hydrogen-bond acceptors (Lipinski definition) is 3. The average Bonchev–Trinajstić information content (AvgIpc) is 2.89. The van der Waals surface area contributed by atoms with Crippen molar-refractivity contribution in [1.29, 1.82) is 0 Å². The molecule has 0 spiro atoms. The zero-order chi connectivity index (χ0) is 13.7. The lowest BCUT2D eigenvalue weighted by Crippen LogP contribution is -2.07. The van der Waals surface area contributed by atoms with Gasteiger partial charge in [-0.25, -0.2) is 14.2 Å². The molecule has 1 heterocycles. The number of carbonyl (C=O) groups is 1. The van der Waals surface area contributed by atoms with E-state index in [0.717, 1.165) is 19.0 Å². The van der Waals surface area contributed by atoms with Crippen LogP contribution in [0, 0.1) is 5.82 Å². The molecule has 0 saturated carbocycles. The lowest BCUT2D eigenvalue weighted by Gasteiger charge is -2.08. The Hall–Kier alpha value is -2.37. The van der Waals surface area contributed by atoms with Gasteiger partial charge in [0.25, 0.3) is 0 Å². The number of halogens is 1. The summed E-state index contributed by atoms with van der Waals surface area (Å²) in [7, 11) is 0. The molecule has 0 bridgehead atoms. The fourth-order valence-corrected chi connectivity index (χ4v) is 1.71. The van der Waals surface area contributed by atoms with Crippen LogP contribution < -0.4 is 5.32 Å². The molecule has 0 unspecified atom stereocenters. The molecule has 1 aromatic heterocycles. The second-order valence-electron chi connectivity index (χ2n) is 4.08. The molecule has 100 valence electrons. The van der Waals surface area contributed by atoms with Gasteiger partial charge >= 0.3 is 5.97 Å². The molecule has 0 saturated heterocycles. The molecule has 0 amide bonds. The largest absolute Gasteiger partial charge is 0.478 e. The number of aromatic carboxylic acids is 1. The Kier molecular flexibility index (Phi) is 4.12. The molecular weight excluding hydrogens is 249 g/mol. The van der Waals surface area contributed by atoms with Crippen molar-refractivity contribution in [2.45, 2.75) is 13.0 Å². The van der Waals surface area contributed by atoms with Crippen LogP contribution in [-0.4, -0.2) is 27.2 Å². The summed E-state index contributed by atoms with van der Waals surface area (Å²) in [4.78, 5) is 14.7. The van der Waals surface area contributed by atoms with Gasteiger partial charge < -0.3 is 15.0 Å². The second-order valence-corrected chi connectivity index (χ2v) is 4.08. The third-order valence-corrected chi connectivity index (χ3v) is 2.68. The van der Waals surface area contributed by atoms with E-state index in [2.05, 4.69) is 10.3 Å². The number of carboxylic acids is 1. The van der Waals surface area contributed by atoms with E-state index < -0.39 is 11.8 Å². The van der Waals surface area contributed by atoms with Crippen LogP contribution in [0.3, 0.4) is 0 Å². The van der Waals surface area contributed by atoms with Crippen molar-refractivity contribution in [3.05, 3.63) is 48.3 Å². The summed E-state index contributed by atoms with van der Waals surface area (Å²) in [6, 6.07) is 3.98. The molecule has 2 N–H and O–H groups in total. The van der Waals surface area contributed by atoms with E-state index in [0.29, 0.717) is 12.2 Å². The van der Waals surface area contributed by atoms with Crippen LogP contribution in [0.2, 0.25) is 0 Å². The number of aromatic nitrogens is 2. The zero-order valence-electron chi connectivity index (χ0n) is 10.2. The molecule has 0 fully saturated rings. The topological polar surface area (TPSA) is 67.2 Å². The molecule has 1 aromatic carbocycles. The van der Waals surface area contributed by atoms with Crippen LogP contribution >= 0.6 is 0 Å². The van der Waals surface area contributed by atoms with E-state index in [1.807, 2.05) is 10.8 Å². The van der Waals surface area contributed by atoms with Gasteiger partial charge in [-0.3, -0.25) is 0 Å². The number of nitrogens with one attached hydrogen (secondary N) is 1. The maximum atomic E-state index is 13.2. The van der Waals surface area contributed by atoms with Crippen molar-refractivity contribution >= 4 is 11.7 Å². The lowest BCUT2D eigenvalue weighted by molar-refractivity contribution is 0.0692. The number of nitrogens with zero attached hydrogens (tertiary/aromatic N) is 2. The molecule has 0 atom stereocenters. The smallest absolute Gasteiger partial charge is 0.338 e. The average molecular weight is 263 g/mol. The molecule has 0 aliphatic rings. The van der Waals surface area contributed by atoms with Gasteiger partial charge in [0, 0.05) is 31.2 Å². The molecule has 5 nitrogen and oxygen atoms in total. The summed E-state index contributed by atoms with van der Waals surface area (Å²) in [5.74, 6) is -1.99. The van der Waals surface area contributed by atoms with Gasteiger partial charge in [-0.05, 0) is 24.6 Å². The van der Waals surface area contributed by atoms with Crippen molar-refractivity contribution in [3.63, 3.8) is 0 Å². The summed E-state index contributed by atoms with van der Waals surface area (Å²) in [5, 5.41) is 11.9. The molecule has 6 heteroatoms. The predicted molar refractivity (Wildman–Crippen MR) is 68.7 cm³/mol. The minimum absolute atomic E-state index is 0.320. The number of rotatable bonds is 6. The lowest BCUT2D eigenvalue weighted by atomic mass is 10.2. The van der Waals surface area contributed by atoms with E-state index in [1.54, 1.807) is 12.5 Å². The minimum Gasteiger partial charge on any atom is -0.478 e. The SMILES string of the molecule is O=C(O)c1cc(NCCCn2ccnc2)ccc1F. The molecular formula is C13H14FN3O2. The first-order chi connectivity index (χ1) is 9.16. The van der Waals surface area contributed by atoms with Gasteiger partial charge in [-0.1, -0.05) is 0 Å². The number of carboxylic acid groups (broad SMARTS) is 1. The standard InChI is InChI=1S/C13H14FN3O2/c14-12-3-2-10(8-11(12)13(18)19)16-4-1-6-17-7-5-15-9-17/h2-3,5,7-9,16H,1,4,6H2,(H,18,19). The van der Waals surface area contributed by atoms with Gasteiger partial charge in [-0.15, -0.1) is 0 Å². The minimum atomic E-state index is -1.26. The number of anilines is 1. The maximum absolute atomic E-state index is 13.2. The fraction of sp³-hybridized carbons (Fsp3) is 0.231. The van der Waals surface area contributed by atoms with Crippen molar-refractivity contribution in [1.82, 2.24) is 9.55 Å². The zero-order valence-corrected chi connectivity index (χ0v) is 10.2. The second kappa shape index (κ2) is 5.99. The number of hydrogen-bond donors (Lipinski definition) is 2. The highest BCUT2D eigenvalue weighted by Crippen LogP contribution is 2.14. The number of benzene rings is 1. The molecule has 19 heavy (non-hydrogen) atoms. The molecule has 2 rings (SSSR count). The van der Waals surface area contributed by atoms with Gasteiger partial charge in [0.15, 0.2) is 0 Å². The van der Waals surface area contributed by atoms with Crippen molar-refractivity contribution in [2.24, 2.45) is 0 Å². The normalized spacial score (nSPS) is 10.4. The van der Waals surface area contributed by atoms with Crippen molar-refractivity contribution < 1.29 is 14.3 Å². The van der Waals surface area contributed by atoms with Gasteiger partial charge in [-0.2, -0.15) is 0 Å². The maximum Gasteiger partial charge on any atom is 0.338 e. The van der Waals surface area contributed by atoms with Crippen LogP contribution in [0.4, 0.5) is 10.1 Å². The molecule has 2 aromatic rings. The summed E-state index contributed by atoms with van der Waals surface area (Å²) >= 11 is 0.